The first-order chi connectivity index (χ1) is 14.5. The Balaban J connectivity index is 1.50. The molecule has 1 aliphatic rings. The first kappa shape index (κ1) is 20.4. The van der Waals surface area contributed by atoms with Gasteiger partial charge in [0.15, 0.2) is 0 Å². The normalized spacial score (nSPS) is 17.7. The molecule has 0 saturated carbocycles. The molecular weight excluding hydrogens is 413 g/mol. The van der Waals surface area contributed by atoms with Gasteiger partial charge in [-0.1, -0.05) is 5.16 Å². The van der Waals surface area contributed by atoms with Crippen molar-refractivity contribution in [3.63, 3.8) is 0 Å². The fourth-order valence-corrected chi connectivity index (χ4v) is 5.23. The van der Waals surface area contributed by atoms with Gasteiger partial charge in [-0.05, 0) is 37.0 Å². The van der Waals surface area contributed by atoms with Crippen molar-refractivity contribution in [2.45, 2.75) is 24.2 Å². The van der Waals surface area contributed by atoms with E-state index in [0.717, 1.165) is 12.5 Å². The monoisotopic (exact) mass is 433 g/mol. The van der Waals surface area contributed by atoms with Gasteiger partial charge in [-0.15, -0.1) is 0 Å². The van der Waals surface area contributed by atoms with Crippen molar-refractivity contribution in [1.82, 2.24) is 24.4 Å². The molecule has 0 N–H and O–H groups in total. The van der Waals surface area contributed by atoms with Gasteiger partial charge in [0.2, 0.25) is 21.7 Å². The van der Waals surface area contributed by atoms with Gasteiger partial charge in [-0.25, -0.2) is 17.8 Å². The summed E-state index contributed by atoms with van der Waals surface area (Å²) in [5.41, 5.74) is 0.499. The van der Waals surface area contributed by atoms with E-state index in [-0.39, 0.29) is 23.1 Å². The lowest BCUT2D eigenvalue weighted by atomic mass is 9.96. The van der Waals surface area contributed by atoms with Crippen LogP contribution in [0.25, 0.3) is 11.5 Å². The molecule has 3 heterocycles. The van der Waals surface area contributed by atoms with Gasteiger partial charge in [0.25, 0.3) is 0 Å². The molecule has 0 radical (unpaired) electrons. The molecule has 4 rings (SSSR count). The van der Waals surface area contributed by atoms with Gasteiger partial charge >= 0.3 is 0 Å². The minimum Gasteiger partial charge on any atom is -0.495 e. The Hall–Kier alpha value is -2.92. The maximum Gasteiger partial charge on any atom is 0.246 e. The fourth-order valence-electron chi connectivity index (χ4n) is 3.51. The van der Waals surface area contributed by atoms with Crippen molar-refractivity contribution in [3.8, 4) is 17.3 Å². The maximum absolute atomic E-state index is 13.7. The summed E-state index contributed by atoms with van der Waals surface area (Å²) in [6.07, 6.45) is 6.54. The zero-order chi connectivity index (χ0) is 21.1. The van der Waals surface area contributed by atoms with Crippen LogP contribution in [0.4, 0.5) is 4.39 Å². The van der Waals surface area contributed by atoms with Crippen LogP contribution < -0.4 is 4.74 Å². The number of benzene rings is 1. The fraction of sp³-hybridized carbons (Fsp3) is 0.368. The number of sulfonamides is 1. The van der Waals surface area contributed by atoms with Crippen LogP contribution in [0, 0.1) is 11.7 Å². The van der Waals surface area contributed by atoms with Crippen molar-refractivity contribution >= 4 is 10.0 Å². The molecule has 11 heteroatoms. The van der Waals surface area contributed by atoms with E-state index in [2.05, 4.69) is 20.1 Å². The zero-order valence-electron chi connectivity index (χ0n) is 16.2. The van der Waals surface area contributed by atoms with E-state index >= 15 is 0 Å². The van der Waals surface area contributed by atoms with Crippen LogP contribution in [0.15, 0.2) is 46.2 Å². The highest BCUT2D eigenvalue weighted by Crippen LogP contribution is 2.31. The average molecular weight is 433 g/mol. The third-order valence-electron chi connectivity index (χ3n) is 4.95. The van der Waals surface area contributed by atoms with Crippen LogP contribution >= 0.6 is 0 Å². The second kappa shape index (κ2) is 8.44. The van der Waals surface area contributed by atoms with Crippen molar-refractivity contribution in [2.24, 2.45) is 5.92 Å². The lowest BCUT2D eigenvalue weighted by Crippen LogP contribution is -2.40. The van der Waals surface area contributed by atoms with Gasteiger partial charge in [0, 0.05) is 31.9 Å². The molecule has 1 aliphatic heterocycles. The summed E-state index contributed by atoms with van der Waals surface area (Å²) in [4.78, 5) is 12.3. The van der Waals surface area contributed by atoms with Gasteiger partial charge < -0.3 is 9.26 Å². The Labute approximate surface area is 173 Å². The number of ether oxygens (including phenoxy) is 1. The molecule has 30 heavy (non-hydrogen) atoms. The second-order valence-corrected chi connectivity index (χ2v) is 8.88. The lowest BCUT2D eigenvalue weighted by molar-refractivity contribution is 0.246. The first-order valence-electron chi connectivity index (χ1n) is 9.40. The topological polar surface area (TPSA) is 111 Å². The Morgan fingerprint density at radius 1 is 1.33 bits per heavy atom. The molecule has 9 nitrogen and oxygen atoms in total. The third kappa shape index (κ3) is 4.17. The SMILES string of the molecule is COc1ccc(F)cc1S(=O)(=O)N1CCC[C@@H](Cc2nc(-c3cnccn3)no2)C1. The number of halogens is 1. The summed E-state index contributed by atoms with van der Waals surface area (Å²) in [6, 6.07) is 3.47. The molecule has 0 aliphatic carbocycles. The molecule has 0 bridgehead atoms. The van der Waals surface area contributed by atoms with Crippen LogP contribution in [0.2, 0.25) is 0 Å². The highest BCUT2D eigenvalue weighted by atomic mass is 32.2. The Kier molecular flexibility index (Phi) is 5.73. The number of nitrogens with zero attached hydrogens (tertiary/aromatic N) is 5. The van der Waals surface area contributed by atoms with Gasteiger partial charge in [-0.2, -0.15) is 9.29 Å². The lowest BCUT2D eigenvalue weighted by Gasteiger charge is -2.31. The number of methoxy groups -OCH3 is 1. The Bertz CT molecular complexity index is 1120. The number of aromatic nitrogens is 4. The predicted octanol–water partition coefficient (Wildman–Crippen LogP) is 2.32. The maximum atomic E-state index is 13.7. The van der Waals surface area contributed by atoms with E-state index in [1.807, 2.05) is 0 Å². The molecule has 1 fully saturated rings. The molecular formula is C19H20FN5O4S. The largest absolute Gasteiger partial charge is 0.495 e. The van der Waals surface area contributed by atoms with E-state index in [4.69, 9.17) is 9.26 Å². The van der Waals surface area contributed by atoms with E-state index < -0.39 is 15.8 Å². The first-order valence-corrected chi connectivity index (χ1v) is 10.8. The van der Waals surface area contributed by atoms with Crippen molar-refractivity contribution in [1.29, 1.82) is 0 Å². The minimum absolute atomic E-state index is 0.0109. The van der Waals surface area contributed by atoms with Gasteiger partial charge in [0.05, 0.1) is 13.3 Å². The molecule has 0 unspecified atom stereocenters. The number of hydrogen-bond acceptors (Lipinski definition) is 8. The Morgan fingerprint density at radius 3 is 2.97 bits per heavy atom. The molecule has 1 aromatic carbocycles. The standard InChI is InChI=1S/C19H20FN5O4S/c1-28-16-5-4-14(20)10-17(16)30(26,27)25-8-2-3-13(12-25)9-18-23-19(24-29-18)15-11-21-6-7-22-15/h4-7,10-11,13H,2-3,8-9,12H2,1H3/t13-/m0/s1. The van der Waals surface area contributed by atoms with Crippen LogP contribution in [0.3, 0.4) is 0 Å². The summed E-state index contributed by atoms with van der Waals surface area (Å²) in [5, 5.41) is 3.92. The quantitative estimate of drug-likeness (QED) is 0.582. The second-order valence-electron chi connectivity index (χ2n) is 6.97. The minimum atomic E-state index is -3.91. The molecule has 1 saturated heterocycles. The number of hydrogen-bond donors (Lipinski definition) is 0. The summed E-state index contributed by atoms with van der Waals surface area (Å²) in [5.74, 6) is 0.212. The molecule has 158 valence electrons. The van der Waals surface area contributed by atoms with Crippen molar-refractivity contribution in [3.05, 3.63) is 48.5 Å². The number of rotatable bonds is 6. The average Bonchev–Trinajstić information content (AvgIpc) is 3.23. The smallest absolute Gasteiger partial charge is 0.246 e. The highest BCUT2D eigenvalue weighted by molar-refractivity contribution is 7.89. The van der Waals surface area contributed by atoms with E-state index in [1.54, 1.807) is 6.20 Å². The van der Waals surface area contributed by atoms with Gasteiger partial charge in [-0.3, -0.25) is 4.98 Å². The molecule has 1 atom stereocenters. The van der Waals surface area contributed by atoms with Crippen molar-refractivity contribution < 1.29 is 22.1 Å². The van der Waals surface area contributed by atoms with Gasteiger partial charge in [0.1, 0.15) is 22.2 Å². The van der Waals surface area contributed by atoms with Crippen LogP contribution in [-0.4, -0.2) is 53.0 Å². The highest BCUT2D eigenvalue weighted by Gasteiger charge is 2.33. The molecule has 0 amide bonds. The summed E-state index contributed by atoms with van der Waals surface area (Å²) < 4.78 is 51.8. The van der Waals surface area contributed by atoms with Crippen molar-refractivity contribution in [2.75, 3.05) is 20.2 Å². The summed E-state index contributed by atoms with van der Waals surface area (Å²) >= 11 is 0. The van der Waals surface area contributed by atoms with Crippen LogP contribution in [0.1, 0.15) is 18.7 Å². The van der Waals surface area contributed by atoms with E-state index in [0.29, 0.717) is 36.8 Å². The molecule has 0 spiro atoms. The number of piperidine rings is 1. The van der Waals surface area contributed by atoms with Crippen LogP contribution in [-0.2, 0) is 16.4 Å². The van der Waals surface area contributed by atoms with E-state index in [9.17, 15) is 12.8 Å². The Morgan fingerprint density at radius 2 is 2.20 bits per heavy atom. The molecule has 2 aromatic heterocycles. The third-order valence-corrected chi connectivity index (χ3v) is 6.84. The summed E-state index contributed by atoms with van der Waals surface area (Å²) in [6.45, 7) is 0.623. The summed E-state index contributed by atoms with van der Waals surface area (Å²) in [7, 11) is -2.55. The van der Waals surface area contributed by atoms with E-state index in [1.165, 1.54) is 35.9 Å². The predicted molar refractivity (Wildman–Crippen MR) is 103 cm³/mol. The molecule has 3 aromatic rings. The zero-order valence-corrected chi connectivity index (χ0v) is 17.0. The van der Waals surface area contributed by atoms with Crippen LogP contribution in [0.5, 0.6) is 5.75 Å².